The highest BCUT2D eigenvalue weighted by atomic mass is 16.5. The zero-order valence-electron chi connectivity index (χ0n) is 12.6. The van der Waals surface area contributed by atoms with E-state index in [-0.39, 0.29) is 0 Å². The van der Waals surface area contributed by atoms with Gasteiger partial charge in [-0.25, -0.2) is 0 Å². The van der Waals surface area contributed by atoms with Crippen molar-refractivity contribution in [3.63, 3.8) is 0 Å². The highest BCUT2D eigenvalue weighted by Crippen LogP contribution is 2.48. The number of ether oxygens (including phenoxy) is 1. The van der Waals surface area contributed by atoms with Gasteiger partial charge in [0.15, 0.2) is 0 Å². The van der Waals surface area contributed by atoms with Crippen molar-refractivity contribution in [1.82, 2.24) is 4.90 Å². The molecule has 0 aromatic rings. The summed E-state index contributed by atoms with van der Waals surface area (Å²) >= 11 is 0. The van der Waals surface area contributed by atoms with Gasteiger partial charge in [-0.2, -0.15) is 0 Å². The lowest BCUT2D eigenvalue weighted by Gasteiger charge is -2.35. The zero-order chi connectivity index (χ0) is 13.4. The second-order valence-corrected chi connectivity index (χ2v) is 7.24. The van der Waals surface area contributed by atoms with Gasteiger partial charge in [0.2, 0.25) is 0 Å². The Labute approximate surface area is 117 Å². The SMILES string of the molecule is CC1CCC(C(CN)N(C)CC2CC3CCC2C3)O1. The number of rotatable bonds is 5. The van der Waals surface area contributed by atoms with Crippen LogP contribution in [0.1, 0.15) is 45.4 Å². The third-order valence-corrected chi connectivity index (χ3v) is 5.91. The van der Waals surface area contributed by atoms with Crippen LogP contribution in [0.2, 0.25) is 0 Å². The van der Waals surface area contributed by atoms with Crippen molar-refractivity contribution >= 4 is 0 Å². The Kier molecular flexibility index (Phi) is 4.16. The van der Waals surface area contributed by atoms with Gasteiger partial charge in [0.05, 0.1) is 12.2 Å². The first-order valence-corrected chi connectivity index (χ1v) is 8.23. The van der Waals surface area contributed by atoms with Crippen LogP contribution in [0.5, 0.6) is 0 Å². The largest absolute Gasteiger partial charge is 0.374 e. The Morgan fingerprint density at radius 3 is 2.58 bits per heavy atom. The van der Waals surface area contributed by atoms with E-state index in [1.165, 1.54) is 45.1 Å². The van der Waals surface area contributed by atoms with Crippen LogP contribution in [-0.2, 0) is 4.74 Å². The molecule has 3 nitrogen and oxygen atoms in total. The number of hydrogen-bond donors (Lipinski definition) is 1. The van der Waals surface area contributed by atoms with Gasteiger partial charge in [0.1, 0.15) is 0 Å². The molecule has 0 radical (unpaired) electrons. The number of nitrogens with two attached hydrogens (primary N) is 1. The normalized spacial score (nSPS) is 43.3. The molecule has 3 heteroatoms. The van der Waals surface area contributed by atoms with Gasteiger partial charge in [0.25, 0.3) is 0 Å². The average Bonchev–Trinajstić information content (AvgIpc) is 3.07. The molecule has 3 fully saturated rings. The summed E-state index contributed by atoms with van der Waals surface area (Å²) in [5, 5.41) is 0. The Bertz CT molecular complexity index is 309. The minimum absolute atomic E-state index is 0.364. The lowest BCUT2D eigenvalue weighted by Crippen LogP contribution is -2.48. The van der Waals surface area contributed by atoms with Gasteiger partial charge >= 0.3 is 0 Å². The number of hydrogen-bond acceptors (Lipinski definition) is 3. The minimum Gasteiger partial charge on any atom is -0.374 e. The van der Waals surface area contributed by atoms with E-state index in [1.54, 1.807) is 0 Å². The second kappa shape index (κ2) is 5.71. The highest BCUT2D eigenvalue weighted by molar-refractivity contribution is 4.93. The Morgan fingerprint density at radius 1 is 1.21 bits per heavy atom. The van der Waals surface area contributed by atoms with Crippen molar-refractivity contribution in [2.75, 3.05) is 20.1 Å². The van der Waals surface area contributed by atoms with Gasteiger partial charge in [-0.3, -0.25) is 4.90 Å². The molecule has 3 rings (SSSR count). The molecule has 2 saturated carbocycles. The Hall–Kier alpha value is -0.120. The standard InChI is InChI=1S/C16H30N2O/c1-11-3-6-16(19-11)15(9-17)18(2)10-14-8-12-4-5-13(14)7-12/h11-16H,3-10,17H2,1-2H3. The summed E-state index contributed by atoms with van der Waals surface area (Å²) in [4.78, 5) is 2.51. The third kappa shape index (κ3) is 2.84. The number of fused-ring (bicyclic) bond motifs is 2. The monoisotopic (exact) mass is 266 g/mol. The molecule has 6 unspecified atom stereocenters. The fraction of sp³-hybridized carbons (Fsp3) is 1.00. The molecule has 1 heterocycles. The molecule has 2 bridgehead atoms. The van der Waals surface area contributed by atoms with Crippen molar-refractivity contribution in [3.05, 3.63) is 0 Å². The molecule has 3 aliphatic rings. The molecule has 1 saturated heterocycles. The van der Waals surface area contributed by atoms with Crippen LogP contribution < -0.4 is 5.73 Å². The predicted molar refractivity (Wildman–Crippen MR) is 78.0 cm³/mol. The summed E-state index contributed by atoms with van der Waals surface area (Å²) in [5.74, 6) is 2.98. The van der Waals surface area contributed by atoms with Crippen molar-refractivity contribution in [3.8, 4) is 0 Å². The van der Waals surface area contributed by atoms with E-state index in [1.807, 2.05) is 0 Å². The average molecular weight is 266 g/mol. The van der Waals surface area contributed by atoms with Crippen LogP contribution in [0.25, 0.3) is 0 Å². The van der Waals surface area contributed by atoms with Crippen molar-refractivity contribution in [2.45, 2.75) is 63.7 Å². The van der Waals surface area contributed by atoms with E-state index >= 15 is 0 Å². The molecule has 2 aliphatic carbocycles. The summed E-state index contributed by atoms with van der Waals surface area (Å²) in [7, 11) is 2.26. The minimum atomic E-state index is 0.364. The maximum atomic E-state index is 6.04. The van der Waals surface area contributed by atoms with Crippen molar-refractivity contribution in [2.24, 2.45) is 23.5 Å². The summed E-state index contributed by atoms with van der Waals surface area (Å²) in [6.45, 7) is 4.15. The Morgan fingerprint density at radius 2 is 2.05 bits per heavy atom. The summed E-state index contributed by atoms with van der Waals surface area (Å²) < 4.78 is 6.04. The molecule has 1 aliphatic heterocycles. The first-order chi connectivity index (χ1) is 9.17. The smallest absolute Gasteiger partial charge is 0.0746 e. The lowest BCUT2D eigenvalue weighted by atomic mass is 9.88. The van der Waals surface area contributed by atoms with E-state index in [0.29, 0.717) is 18.2 Å². The first kappa shape index (κ1) is 13.8. The van der Waals surface area contributed by atoms with E-state index in [2.05, 4.69) is 18.9 Å². The van der Waals surface area contributed by atoms with Gasteiger partial charge < -0.3 is 10.5 Å². The van der Waals surface area contributed by atoms with Gasteiger partial charge in [-0.05, 0) is 63.8 Å². The summed E-state index contributed by atoms with van der Waals surface area (Å²) in [6.07, 6.45) is 9.12. The molecule has 19 heavy (non-hydrogen) atoms. The number of likely N-dealkylation sites (N-methyl/N-ethyl adjacent to an activating group) is 1. The fourth-order valence-electron chi connectivity index (χ4n) is 4.84. The Balaban J connectivity index is 1.54. The van der Waals surface area contributed by atoms with Crippen LogP contribution >= 0.6 is 0 Å². The number of nitrogens with zero attached hydrogens (tertiary/aromatic N) is 1. The maximum absolute atomic E-state index is 6.04. The molecule has 0 spiro atoms. The van der Waals surface area contributed by atoms with Crippen LogP contribution in [-0.4, -0.2) is 43.3 Å². The third-order valence-electron chi connectivity index (χ3n) is 5.91. The molecule has 110 valence electrons. The van der Waals surface area contributed by atoms with Gasteiger partial charge in [0, 0.05) is 19.1 Å². The van der Waals surface area contributed by atoms with E-state index in [0.717, 1.165) is 24.3 Å². The molecule has 6 atom stereocenters. The summed E-state index contributed by atoms with van der Waals surface area (Å²) in [6, 6.07) is 0.420. The van der Waals surface area contributed by atoms with Gasteiger partial charge in [-0.1, -0.05) is 6.42 Å². The topological polar surface area (TPSA) is 38.5 Å². The maximum Gasteiger partial charge on any atom is 0.0746 e. The van der Waals surface area contributed by atoms with Crippen LogP contribution in [0.3, 0.4) is 0 Å². The molecular formula is C16H30N2O. The molecular weight excluding hydrogens is 236 g/mol. The summed E-state index contributed by atoms with van der Waals surface area (Å²) in [5.41, 5.74) is 6.03. The lowest BCUT2D eigenvalue weighted by molar-refractivity contribution is -0.00273. The van der Waals surface area contributed by atoms with Crippen molar-refractivity contribution in [1.29, 1.82) is 0 Å². The fourth-order valence-corrected chi connectivity index (χ4v) is 4.84. The molecule has 0 amide bonds. The van der Waals surface area contributed by atoms with Crippen LogP contribution in [0.15, 0.2) is 0 Å². The molecule has 0 aromatic heterocycles. The van der Waals surface area contributed by atoms with Crippen LogP contribution in [0.4, 0.5) is 0 Å². The molecule has 0 aromatic carbocycles. The van der Waals surface area contributed by atoms with E-state index in [4.69, 9.17) is 10.5 Å². The second-order valence-electron chi connectivity index (χ2n) is 7.24. The van der Waals surface area contributed by atoms with Gasteiger partial charge in [-0.15, -0.1) is 0 Å². The highest BCUT2D eigenvalue weighted by Gasteiger charge is 2.41. The first-order valence-electron chi connectivity index (χ1n) is 8.23. The predicted octanol–water partition coefficient (Wildman–Crippen LogP) is 2.25. The quantitative estimate of drug-likeness (QED) is 0.829. The van der Waals surface area contributed by atoms with E-state index < -0.39 is 0 Å². The van der Waals surface area contributed by atoms with Crippen LogP contribution in [0, 0.1) is 17.8 Å². The van der Waals surface area contributed by atoms with E-state index in [9.17, 15) is 0 Å². The molecule has 2 N–H and O–H groups in total. The van der Waals surface area contributed by atoms with Crippen molar-refractivity contribution < 1.29 is 4.74 Å². The zero-order valence-corrected chi connectivity index (χ0v) is 12.6.